The standard InChI is InChI=1S/C54H36N2S/c1-3-14-36-28-31-46-51(40(36)4-2)57-52-41-18-9-8-17-37(41)29-32-47(52)54(46)45-21-12-10-19-42(45)43-30-27-39(33-48(43)54)53-55-49-22-13-11-20-44(49)50(56-53)38-25-23-35(24-26-38)34-15-6-5-7-16-34/h3-33H,2H2,1H3/b14-3-. The first-order valence-corrected chi connectivity index (χ1v) is 20.3. The van der Waals surface area contributed by atoms with E-state index in [9.17, 15) is 0 Å². The summed E-state index contributed by atoms with van der Waals surface area (Å²) in [5, 5.41) is 3.53. The van der Waals surface area contributed by atoms with Gasteiger partial charge in [0.1, 0.15) is 0 Å². The van der Waals surface area contributed by atoms with Crippen molar-refractivity contribution in [1.82, 2.24) is 9.97 Å². The smallest absolute Gasteiger partial charge is 0.160 e. The maximum Gasteiger partial charge on any atom is 0.160 e. The van der Waals surface area contributed by atoms with Gasteiger partial charge in [-0.25, -0.2) is 9.97 Å². The number of hydrogen-bond donors (Lipinski definition) is 0. The van der Waals surface area contributed by atoms with Gasteiger partial charge in [0.05, 0.1) is 16.6 Å². The normalized spacial score (nSPS) is 15.1. The number of benzene rings is 8. The molecule has 2 aliphatic rings. The van der Waals surface area contributed by atoms with Gasteiger partial charge in [0.25, 0.3) is 0 Å². The highest BCUT2D eigenvalue weighted by atomic mass is 32.2. The molecule has 0 amide bonds. The highest BCUT2D eigenvalue weighted by Gasteiger charge is 2.51. The van der Waals surface area contributed by atoms with Crippen molar-refractivity contribution < 1.29 is 0 Å². The zero-order valence-corrected chi connectivity index (χ0v) is 32.2. The van der Waals surface area contributed by atoms with E-state index < -0.39 is 5.41 Å². The summed E-state index contributed by atoms with van der Waals surface area (Å²) in [5.74, 6) is 0.712. The molecule has 1 aliphatic carbocycles. The number of allylic oxidation sites excluding steroid dienone is 1. The van der Waals surface area contributed by atoms with Crippen LogP contribution >= 0.6 is 11.8 Å². The largest absolute Gasteiger partial charge is 0.228 e. The van der Waals surface area contributed by atoms with Crippen LogP contribution in [0.1, 0.15) is 40.3 Å². The number of aromatic nitrogens is 2. The van der Waals surface area contributed by atoms with Crippen molar-refractivity contribution in [2.45, 2.75) is 22.1 Å². The highest BCUT2D eigenvalue weighted by molar-refractivity contribution is 7.99. The Kier molecular flexibility index (Phi) is 7.74. The lowest BCUT2D eigenvalue weighted by Crippen LogP contribution is -2.32. The summed E-state index contributed by atoms with van der Waals surface area (Å²) in [6.45, 7) is 6.45. The van der Waals surface area contributed by atoms with Crippen molar-refractivity contribution in [2.24, 2.45) is 0 Å². The maximum atomic E-state index is 5.40. The van der Waals surface area contributed by atoms with Crippen LogP contribution in [0.4, 0.5) is 0 Å². The second kappa shape index (κ2) is 13.2. The zero-order valence-electron chi connectivity index (χ0n) is 31.4. The number of para-hydroxylation sites is 1. The second-order valence-corrected chi connectivity index (χ2v) is 15.8. The van der Waals surface area contributed by atoms with Crippen LogP contribution in [0.3, 0.4) is 0 Å². The third-order valence-corrected chi connectivity index (χ3v) is 13.1. The summed E-state index contributed by atoms with van der Waals surface area (Å²) in [4.78, 5) is 13.2. The van der Waals surface area contributed by atoms with Crippen molar-refractivity contribution >= 4 is 45.6 Å². The Balaban J connectivity index is 1.18. The minimum atomic E-state index is -0.582. The molecule has 0 bridgehead atoms. The zero-order chi connectivity index (χ0) is 38.1. The molecule has 1 aromatic heterocycles. The molecule has 0 radical (unpaired) electrons. The van der Waals surface area contributed by atoms with Gasteiger partial charge in [-0.2, -0.15) is 0 Å². The summed E-state index contributed by atoms with van der Waals surface area (Å²) in [6, 6.07) is 61.6. The highest BCUT2D eigenvalue weighted by Crippen LogP contribution is 2.64. The Labute approximate surface area is 336 Å². The Morgan fingerprint density at radius 1 is 0.526 bits per heavy atom. The lowest BCUT2D eigenvalue weighted by molar-refractivity contribution is 0.725. The Morgan fingerprint density at radius 2 is 1.19 bits per heavy atom. The van der Waals surface area contributed by atoms with Gasteiger partial charge in [-0.15, -0.1) is 0 Å². The molecule has 8 aromatic carbocycles. The van der Waals surface area contributed by atoms with E-state index in [1.165, 1.54) is 70.6 Å². The summed E-state index contributed by atoms with van der Waals surface area (Å²) in [6.07, 6.45) is 6.35. The van der Waals surface area contributed by atoms with Crippen molar-refractivity contribution in [3.05, 3.63) is 216 Å². The summed E-state index contributed by atoms with van der Waals surface area (Å²) < 4.78 is 0. The van der Waals surface area contributed by atoms with Gasteiger partial charge in [0, 0.05) is 26.3 Å². The molecule has 0 saturated heterocycles. The first-order chi connectivity index (χ1) is 28.2. The maximum absolute atomic E-state index is 5.40. The van der Waals surface area contributed by atoms with Gasteiger partial charge in [0.2, 0.25) is 0 Å². The fourth-order valence-electron chi connectivity index (χ4n) is 9.33. The molecule has 3 heteroatoms. The summed E-state index contributed by atoms with van der Waals surface area (Å²) in [7, 11) is 0. The average Bonchev–Trinajstić information content (AvgIpc) is 3.56. The molecule has 1 aliphatic heterocycles. The van der Waals surface area contributed by atoms with E-state index in [1.807, 2.05) is 17.8 Å². The topological polar surface area (TPSA) is 25.8 Å². The number of hydrogen-bond acceptors (Lipinski definition) is 3. The van der Waals surface area contributed by atoms with Gasteiger partial charge >= 0.3 is 0 Å². The van der Waals surface area contributed by atoms with Crippen LogP contribution in [-0.2, 0) is 5.41 Å². The Bertz CT molecular complexity index is 3120. The van der Waals surface area contributed by atoms with Crippen molar-refractivity contribution in [2.75, 3.05) is 0 Å². The monoisotopic (exact) mass is 744 g/mol. The average molecular weight is 745 g/mol. The van der Waals surface area contributed by atoms with E-state index in [0.717, 1.165) is 33.3 Å². The molecule has 2 nitrogen and oxygen atoms in total. The molecule has 2 heterocycles. The van der Waals surface area contributed by atoms with Gasteiger partial charge in [-0.05, 0) is 85.5 Å². The molecular weight excluding hydrogens is 709 g/mol. The molecular formula is C54H36N2S. The molecule has 11 rings (SSSR count). The van der Waals surface area contributed by atoms with E-state index >= 15 is 0 Å². The molecule has 268 valence electrons. The first-order valence-electron chi connectivity index (χ1n) is 19.5. The van der Waals surface area contributed by atoms with Crippen LogP contribution in [0.15, 0.2) is 192 Å². The predicted octanol–water partition coefficient (Wildman–Crippen LogP) is 14.3. The SMILES string of the molecule is C=Cc1c(/C=C\C)ccc2c1Sc1c(ccc3ccccc13)C21c2ccccc2-c2ccc(-c3nc(-c4ccc(-c5ccccc5)cc4)c4ccccc4n3)cc21. The van der Waals surface area contributed by atoms with Crippen LogP contribution in [-0.4, -0.2) is 9.97 Å². The fourth-order valence-corrected chi connectivity index (χ4v) is 10.8. The quantitative estimate of drug-likeness (QED) is 0.175. The third-order valence-electron chi connectivity index (χ3n) is 11.8. The number of rotatable bonds is 5. The van der Waals surface area contributed by atoms with Gasteiger partial charge in [-0.1, -0.05) is 194 Å². The van der Waals surface area contributed by atoms with Gasteiger partial charge in [0.15, 0.2) is 5.82 Å². The second-order valence-electron chi connectivity index (χ2n) is 14.8. The lowest BCUT2D eigenvalue weighted by atomic mass is 9.66. The van der Waals surface area contributed by atoms with Crippen LogP contribution in [0, 0.1) is 0 Å². The third kappa shape index (κ3) is 4.99. The number of fused-ring (bicyclic) bond motifs is 12. The predicted molar refractivity (Wildman–Crippen MR) is 240 cm³/mol. The minimum absolute atomic E-state index is 0.582. The van der Waals surface area contributed by atoms with Crippen LogP contribution in [0.2, 0.25) is 0 Å². The van der Waals surface area contributed by atoms with Gasteiger partial charge < -0.3 is 0 Å². The molecule has 1 spiro atoms. The van der Waals surface area contributed by atoms with E-state index in [2.05, 4.69) is 196 Å². The summed E-state index contributed by atoms with van der Waals surface area (Å²) >= 11 is 1.88. The minimum Gasteiger partial charge on any atom is -0.228 e. The fraction of sp³-hybridized carbons (Fsp3) is 0.0370. The van der Waals surface area contributed by atoms with Crippen molar-refractivity contribution in [1.29, 1.82) is 0 Å². The van der Waals surface area contributed by atoms with Crippen LogP contribution < -0.4 is 0 Å². The van der Waals surface area contributed by atoms with Crippen LogP contribution in [0.25, 0.3) is 78.7 Å². The molecule has 0 N–H and O–H groups in total. The van der Waals surface area contributed by atoms with Crippen molar-refractivity contribution in [3.63, 3.8) is 0 Å². The molecule has 0 saturated carbocycles. The number of nitrogens with zero attached hydrogens (tertiary/aromatic N) is 2. The van der Waals surface area contributed by atoms with E-state index in [-0.39, 0.29) is 0 Å². The van der Waals surface area contributed by atoms with Crippen molar-refractivity contribution in [3.8, 4) is 44.9 Å². The molecule has 9 aromatic rings. The van der Waals surface area contributed by atoms with E-state index in [0.29, 0.717) is 5.82 Å². The first kappa shape index (κ1) is 33.5. The molecule has 1 atom stereocenters. The molecule has 1 unspecified atom stereocenters. The van der Waals surface area contributed by atoms with Gasteiger partial charge in [-0.3, -0.25) is 0 Å². The summed E-state index contributed by atoms with van der Waals surface area (Å²) in [5.41, 5.74) is 15.6. The van der Waals surface area contributed by atoms with E-state index in [4.69, 9.17) is 9.97 Å². The molecule has 0 fully saturated rings. The Morgan fingerprint density at radius 3 is 2.04 bits per heavy atom. The lowest BCUT2D eigenvalue weighted by Gasteiger charge is -2.41. The Hall–Kier alpha value is -6.81. The van der Waals surface area contributed by atoms with Crippen LogP contribution in [0.5, 0.6) is 0 Å². The van der Waals surface area contributed by atoms with E-state index in [1.54, 1.807) is 0 Å². The molecule has 57 heavy (non-hydrogen) atoms.